The molecule has 118 valence electrons. The number of benzene rings is 1. The van der Waals surface area contributed by atoms with Crippen LogP contribution in [-0.2, 0) is 6.54 Å². The maximum absolute atomic E-state index is 5.89. The van der Waals surface area contributed by atoms with Crippen LogP contribution in [0.3, 0.4) is 0 Å². The van der Waals surface area contributed by atoms with E-state index in [1.807, 2.05) is 50.2 Å². The Kier molecular flexibility index (Phi) is 7.65. The van der Waals surface area contributed by atoms with Crippen LogP contribution in [0.25, 0.3) is 0 Å². The second kappa shape index (κ2) is 9.24. The first-order valence-electron chi connectivity index (χ1n) is 6.89. The lowest BCUT2D eigenvalue weighted by Gasteiger charge is -2.08. The lowest BCUT2D eigenvalue weighted by molar-refractivity contribution is 0.323. The molecule has 0 unspecified atom stereocenters. The molecule has 0 saturated heterocycles. The van der Waals surface area contributed by atoms with E-state index < -0.39 is 0 Å². The fourth-order valence-electron chi connectivity index (χ4n) is 1.81. The molecule has 2 aromatic rings. The molecule has 0 atom stereocenters. The molecule has 0 radical (unpaired) electrons. The number of hydrogen-bond donors (Lipinski definition) is 2. The zero-order chi connectivity index (χ0) is 15.1. The number of pyridine rings is 1. The Balaban J connectivity index is 0.00000242. The van der Waals surface area contributed by atoms with Crippen molar-refractivity contribution >= 4 is 35.6 Å². The molecule has 0 aliphatic heterocycles. The number of aliphatic imine (C=N–C) groups is 1. The summed E-state index contributed by atoms with van der Waals surface area (Å²) in [5.74, 6) is 0.969. The maximum atomic E-state index is 5.89. The van der Waals surface area contributed by atoms with Gasteiger partial charge in [-0.1, -0.05) is 23.8 Å². The summed E-state index contributed by atoms with van der Waals surface area (Å²) in [6, 6.07) is 11.8. The van der Waals surface area contributed by atoms with E-state index >= 15 is 0 Å². The molecular weight excluding hydrogens is 391 g/mol. The van der Waals surface area contributed by atoms with E-state index in [0.717, 1.165) is 11.3 Å². The van der Waals surface area contributed by atoms with E-state index in [4.69, 9.17) is 10.5 Å². The van der Waals surface area contributed by atoms with Crippen LogP contribution >= 0.6 is 24.0 Å². The molecule has 1 heterocycles. The number of rotatable bonds is 5. The zero-order valence-corrected chi connectivity index (χ0v) is 15.1. The van der Waals surface area contributed by atoms with Gasteiger partial charge in [0.05, 0.1) is 13.2 Å². The van der Waals surface area contributed by atoms with Crippen molar-refractivity contribution in [1.82, 2.24) is 4.98 Å². The molecule has 5 nitrogen and oxygen atoms in total. The molecule has 2 rings (SSSR count). The largest absolute Gasteiger partial charge is 0.478 e. The predicted molar refractivity (Wildman–Crippen MR) is 101 cm³/mol. The van der Waals surface area contributed by atoms with E-state index in [2.05, 4.69) is 15.3 Å². The Hall–Kier alpha value is -1.83. The number of nitrogens with zero attached hydrogens (tertiary/aromatic N) is 2. The van der Waals surface area contributed by atoms with Crippen LogP contribution in [0.1, 0.15) is 18.1 Å². The second-order valence-corrected chi connectivity index (χ2v) is 4.59. The summed E-state index contributed by atoms with van der Waals surface area (Å²) in [7, 11) is 0. The van der Waals surface area contributed by atoms with Crippen molar-refractivity contribution in [3.8, 4) is 5.88 Å². The van der Waals surface area contributed by atoms with Crippen molar-refractivity contribution in [2.75, 3.05) is 11.9 Å². The van der Waals surface area contributed by atoms with Crippen molar-refractivity contribution in [3.05, 3.63) is 53.7 Å². The molecule has 22 heavy (non-hydrogen) atoms. The van der Waals surface area contributed by atoms with Crippen LogP contribution in [-0.4, -0.2) is 17.6 Å². The van der Waals surface area contributed by atoms with Crippen molar-refractivity contribution in [1.29, 1.82) is 0 Å². The summed E-state index contributed by atoms with van der Waals surface area (Å²) >= 11 is 0. The normalized spacial score (nSPS) is 10.7. The third kappa shape index (κ3) is 5.51. The third-order valence-corrected chi connectivity index (χ3v) is 2.87. The summed E-state index contributed by atoms with van der Waals surface area (Å²) in [6.45, 7) is 4.96. The van der Waals surface area contributed by atoms with Crippen LogP contribution in [0.2, 0.25) is 0 Å². The van der Waals surface area contributed by atoms with Crippen molar-refractivity contribution in [2.45, 2.75) is 20.4 Å². The fraction of sp³-hybridized carbons (Fsp3) is 0.250. The fourth-order valence-corrected chi connectivity index (χ4v) is 1.81. The molecule has 0 amide bonds. The number of nitrogens with two attached hydrogens (primary N) is 1. The summed E-state index contributed by atoms with van der Waals surface area (Å²) in [5, 5.41) is 3.06. The van der Waals surface area contributed by atoms with E-state index in [9.17, 15) is 0 Å². The number of aromatic nitrogens is 1. The highest BCUT2D eigenvalue weighted by Gasteiger charge is 2.03. The van der Waals surface area contributed by atoms with Gasteiger partial charge in [-0.2, -0.15) is 0 Å². The van der Waals surface area contributed by atoms with Crippen LogP contribution in [0, 0.1) is 6.92 Å². The minimum absolute atomic E-state index is 0. The molecule has 3 N–H and O–H groups in total. The lowest BCUT2D eigenvalue weighted by atomic mass is 10.2. The SMILES string of the molecule is CCOc1ncccc1CN=C(N)Nc1ccc(C)cc1.I. The first-order valence-corrected chi connectivity index (χ1v) is 6.89. The smallest absolute Gasteiger partial charge is 0.218 e. The van der Waals surface area contributed by atoms with Gasteiger partial charge in [0.1, 0.15) is 0 Å². The quantitative estimate of drug-likeness (QED) is 0.449. The lowest BCUT2D eigenvalue weighted by Crippen LogP contribution is -2.22. The number of aryl methyl sites for hydroxylation is 1. The minimum Gasteiger partial charge on any atom is -0.478 e. The summed E-state index contributed by atoms with van der Waals surface area (Å²) in [4.78, 5) is 8.51. The van der Waals surface area contributed by atoms with Gasteiger partial charge < -0.3 is 15.8 Å². The number of hydrogen-bond acceptors (Lipinski definition) is 3. The molecule has 0 spiro atoms. The third-order valence-electron chi connectivity index (χ3n) is 2.87. The van der Waals surface area contributed by atoms with Gasteiger partial charge >= 0.3 is 0 Å². The van der Waals surface area contributed by atoms with Crippen LogP contribution in [0.15, 0.2) is 47.6 Å². The van der Waals surface area contributed by atoms with E-state index in [-0.39, 0.29) is 24.0 Å². The van der Waals surface area contributed by atoms with Gasteiger partial charge in [0.15, 0.2) is 5.96 Å². The van der Waals surface area contributed by atoms with Crippen LogP contribution in [0.5, 0.6) is 5.88 Å². The van der Waals surface area contributed by atoms with Gasteiger partial charge in [-0.15, -0.1) is 24.0 Å². The van der Waals surface area contributed by atoms with Crippen molar-refractivity contribution < 1.29 is 4.74 Å². The number of guanidine groups is 1. The van der Waals surface area contributed by atoms with Crippen molar-refractivity contribution in [2.24, 2.45) is 10.7 Å². The van der Waals surface area contributed by atoms with Crippen LogP contribution in [0.4, 0.5) is 5.69 Å². The molecule has 0 aliphatic rings. The summed E-state index contributed by atoms with van der Waals surface area (Å²) in [5.41, 5.74) is 8.92. The molecule has 0 saturated carbocycles. The number of nitrogens with one attached hydrogen (secondary N) is 1. The molecule has 6 heteroatoms. The van der Waals surface area contributed by atoms with Gasteiger partial charge in [0, 0.05) is 17.4 Å². The van der Waals surface area contributed by atoms with Gasteiger partial charge in [-0.3, -0.25) is 0 Å². The zero-order valence-electron chi connectivity index (χ0n) is 12.7. The molecule has 0 aliphatic carbocycles. The molecule has 1 aromatic heterocycles. The van der Waals surface area contributed by atoms with E-state index in [0.29, 0.717) is 25.0 Å². The maximum Gasteiger partial charge on any atom is 0.218 e. The Labute approximate surface area is 148 Å². The number of ether oxygens (including phenoxy) is 1. The topological polar surface area (TPSA) is 72.5 Å². The van der Waals surface area contributed by atoms with Gasteiger partial charge in [0.25, 0.3) is 0 Å². The molecule has 0 fully saturated rings. The standard InChI is InChI=1S/C16H20N4O.HI/c1-3-21-15-13(5-4-10-18-15)11-19-16(17)20-14-8-6-12(2)7-9-14;/h4-10H,3,11H2,1-2H3,(H3,17,19,20);1H. The average molecular weight is 412 g/mol. The highest BCUT2D eigenvalue weighted by molar-refractivity contribution is 14.0. The molecular formula is C16H21IN4O. The minimum atomic E-state index is 0. The molecule has 0 bridgehead atoms. The van der Waals surface area contributed by atoms with Crippen molar-refractivity contribution in [3.63, 3.8) is 0 Å². The Bertz CT molecular complexity index is 614. The van der Waals surface area contributed by atoms with E-state index in [1.54, 1.807) is 6.20 Å². The number of anilines is 1. The van der Waals surface area contributed by atoms with Gasteiger partial charge in [0.2, 0.25) is 5.88 Å². The summed E-state index contributed by atoms with van der Waals surface area (Å²) in [6.07, 6.45) is 1.70. The van der Waals surface area contributed by atoms with Gasteiger partial charge in [-0.05, 0) is 32.0 Å². The monoisotopic (exact) mass is 412 g/mol. The Morgan fingerprint density at radius 1 is 1.27 bits per heavy atom. The first kappa shape index (κ1) is 18.2. The highest BCUT2D eigenvalue weighted by atomic mass is 127. The Morgan fingerprint density at radius 3 is 2.68 bits per heavy atom. The second-order valence-electron chi connectivity index (χ2n) is 4.59. The average Bonchev–Trinajstić information content (AvgIpc) is 2.49. The Morgan fingerprint density at radius 2 is 2.00 bits per heavy atom. The first-order chi connectivity index (χ1) is 10.2. The van der Waals surface area contributed by atoms with E-state index in [1.165, 1.54) is 5.56 Å². The van der Waals surface area contributed by atoms with Crippen LogP contribution < -0.4 is 15.8 Å². The highest BCUT2D eigenvalue weighted by Crippen LogP contribution is 2.15. The van der Waals surface area contributed by atoms with Gasteiger partial charge in [-0.25, -0.2) is 9.98 Å². The molecule has 1 aromatic carbocycles. The predicted octanol–water partition coefficient (Wildman–Crippen LogP) is 3.33. The number of halogens is 1. The summed E-state index contributed by atoms with van der Waals surface area (Å²) < 4.78 is 5.46.